The molecule has 1 saturated heterocycles. The van der Waals surface area contributed by atoms with Gasteiger partial charge in [-0.25, -0.2) is 0 Å². The first-order valence-corrected chi connectivity index (χ1v) is 12.4. The zero-order chi connectivity index (χ0) is 22.3. The Morgan fingerprint density at radius 1 is 0.938 bits per heavy atom. The van der Waals surface area contributed by atoms with Crippen LogP contribution in [0.5, 0.6) is 0 Å². The zero-order valence-corrected chi connectivity index (χ0v) is 19.2. The summed E-state index contributed by atoms with van der Waals surface area (Å²) in [5.74, 6) is 0.189. The van der Waals surface area contributed by atoms with Gasteiger partial charge in [-0.1, -0.05) is 30.3 Å². The van der Waals surface area contributed by atoms with E-state index in [1.54, 1.807) is 11.3 Å². The largest absolute Gasteiger partial charge is 0.355 e. The molecule has 2 aliphatic rings. The van der Waals surface area contributed by atoms with E-state index in [4.69, 9.17) is 0 Å². The highest BCUT2D eigenvalue weighted by atomic mass is 32.1. The van der Waals surface area contributed by atoms with Crippen LogP contribution in [0.3, 0.4) is 0 Å². The Morgan fingerprint density at radius 2 is 1.69 bits per heavy atom. The molecule has 4 rings (SSSR count). The van der Waals surface area contributed by atoms with Gasteiger partial charge in [0.1, 0.15) is 0 Å². The lowest BCUT2D eigenvalue weighted by molar-refractivity contribution is -0.136. The molecule has 0 atom stereocenters. The highest BCUT2D eigenvalue weighted by Crippen LogP contribution is 2.24. The van der Waals surface area contributed by atoms with Crippen LogP contribution in [0, 0.1) is 5.92 Å². The molecule has 1 N–H and O–H groups in total. The fourth-order valence-electron chi connectivity index (χ4n) is 4.50. The summed E-state index contributed by atoms with van der Waals surface area (Å²) in [4.78, 5) is 42.7. The van der Waals surface area contributed by atoms with Gasteiger partial charge in [0.25, 0.3) is 0 Å². The lowest BCUT2D eigenvalue weighted by atomic mass is 9.95. The zero-order valence-electron chi connectivity index (χ0n) is 18.4. The average molecular weight is 454 g/mol. The van der Waals surface area contributed by atoms with Crippen LogP contribution in [-0.2, 0) is 33.8 Å². The molecule has 1 fully saturated rings. The predicted molar refractivity (Wildman–Crippen MR) is 125 cm³/mol. The van der Waals surface area contributed by atoms with Gasteiger partial charge in [0.05, 0.1) is 0 Å². The van der Waals surface area contributed by atoms with Crippen molar-refractivity contribution in [3.05, 3.63) is 57.8 Å². The minimum atomic E-state index is -0.0772. The van der Waals surface area contributed by atoms with Gasteiger partial charge in [-0.15, -0.1) is 11.3 Å². The first-order chi connectivity index (χ1) is 15.6. The molecule has 0 aliphatic carbocycles. The number of thiophene rings is 1. The summed E-state index contributed by atoms with van der Waals surface area (Å²) in [6, 6.07) is 12.1. The maximum atomic E-state index is 12.5. The van der Waals surface area contributed by atoms with Crippen LogP contribution >= 0.6 is 11.3 Å². The first kappa shape index (κ1) is 22.5. The maximum Gasteiger partial charge on any atom is 0.224 e. The third kappa shape index (κ3) is 5.76. The van der Waals surface area contributed by atoms with Gasteiger partial charge in [0.2, 0.25) is 17.7 Å². The number of rotatable bonds is 7. The second-order valence-corrected chi connectivity index (χ2v) is 9.62. The lowest BCUT2D eigenvalue weighted by Gasteiger charge is -2.31. The van der Waals surface area contributed by atoms with E-state index in [0.717, 1.165) is 19.4 Å². The molecule has 0 unspecified atom stereocenters. The average Bonchev–Trinajstić information content (AvgIpc) is 3.31. The standard InChI is InChI=1S/C25H31N3O3S/c29-23(7-6-19-4-2-1-3-5-19)27-14-9-20(10-15-27)25(31)26-13-8-24(30)28-16-11-22-21(18-28)12-17-32-22/h1-5,12,17,20H,6-11,13-16,18H2,(H,26,31). The summed E-state index contributed by atoms with van der Waals surface area (Å²) >= 11 is 1.76. The summed E-state index contributed by atoms with van der Waals surface area (Å²) < 4.78 is 0. The summed E-state index contributed by atoms with van der Waals surface area (Å²) in [6.07, 6.45) is 3.88. The summed E-state index contributed by atoms with van der Waals surface area (Å²) in [5.41, 5.74) is 2.42. The van der Waals surface area contributed by atoms with Crippen molar-refractivity contribution in [2.45, 2.75) is 45.1 Å². The van der Waals surface area contributed by atoms with Crippen LogP contribution < -0.4 is 5.32 Å². The Labute approximate surface area is 193 Å². The van der Waals surface area contributed by atoms with Crippen molar-refractivity contribution >= 4 is 29.1 Å². The molecule has 1 aromatic carbocycles. The van der Waals surface area contributed by atoms with Crippen LogP contribution in [0.15, 0.2) is 41.8 Å². The summed E-state index contributed by atoms with van der Waals surface area (Å²) in [5, 5.41) is 5.02. The van der Waals surface area contributed by atoms with Gasteiger partial charge >= 0.3 is 0 Å². The van der Waals surface area contributed by atoms with Crippen LogP contribution in [0.25, 0.3) is 0 Å². The van der Waals surface area contributed by atoms with E-state index in [9.17, 15) is 14.4 Å². The van der Waals surface area contributed by atoms with Crippen molar-refractivity contribution < 1.29 is 14.4 Å². The molecular weight excluding hydrogens is 422 g/mol. The Morgan fingerprint density at radius 3 is 2.47 bits per heavy atom. The lowest BCUT2D eigenvalue weighted by Crippen LogP contribution is -2.44. The third-order valence-electron chi connectivity index (χ3n) is 6.49. The number of nitrogens with zero attached hydrogens (tertiary/aromatic N) is 2. The number of carbonyl (C=O) groups is 3. The molecule has 3 heterocycles. The van der Waals surface area contributed by atoms with E-state index < -0.39 is 0 Å². The van der Waals surface area contributed by atoms with Gasteiger partial charge in [-0.3, -0.25) is 14.4 Å². The molecule has 0 spiro atoms. The van der Waals surface area contributed by atoms with E-state index in [-0.39, 0.29) is 23.6 Å². The smallest absolute Gasteiger partial charge is 0.224 e. The van der Waals surface area contributed by atoms with Crippen LogP contribution in [-0.4, -0.2) is 53.7 Å². The molecule has 32 heavy (non-hydrogen) atoms. The molecule has 3 amide bonds. The Kier molecular flexibility index (Phi) is 7.58. The highest BCUT2D eigenvalue weighted by Gasteiger charge is 2.27. The topological polar surface area (TPSA) is 69.7 Å². The predicted octanol–water partition coefficient (Wildman–Crippen LogP) is 3.01. The molecule has 7 heteroatoms. The molecule has 0 saturated carbocycles. The fraction of sp³-hybridized carbons (Fsp3) is 0.480. The Bertz CT molecular complexity index is 935. The molecule has 2 aliphatic heterocycles. The number of carbonyl (C=O) groups excluding carboxylic acids is 3. The van der Waals surface area contributed by atoms with Crippen LogP contribution in [0.1, 0.15) is 41.7 Å². The SMILES string of the molecule is O=C(NCCC(=O)N1CCc2sccc2C1)C1CCN(C(=O)CCc2ccccc2)CC1. The summed E-state index contributed by atoms with van der Waals surface area (Å²) in [7, 11) is 0. The van der Waals surface area contributed by atoms with Crippen molar-refractivity contribution in [2.75, 3.05) is 26.2 Å². The van der Waals surface area contributed by atoms with Crippen molar-refractivity contribution in [3.63, 3.8) is 0 Å². The maximum absolute atomic E-state index is 12.5. The second kappa shape index (κ2) is 10.8. The van der Waals surface area contributed by atoms with Gasteiger partial charge < -0.3 is 15.1 Å². The van der Waals surface area contributed by atoms with Gasteiger partial charge in [-0.2, -0.15) is 0 Å². The normalized spacial score (nSPS) is 16.5. The Hall–Kier alpha value is -2.67. The number of hydrogen-bond donors (Lipinski definition) is 1. The number of amides is 3. The second-order valence-electron chi connectivity index (χ2n) is 8.62. The van der Waals surface area contributed by atoms with Crippen molar-refractivity contribution in [3.8, 4) is 0 Å². The molecule has 0 radical (unpaired) electrons. The molecule has 0 bridgehead atoms. The number of benzene rings is 1. The highest BCUT2D eigenvalue weighted by molar-refractivity contribution is 7.10. The minimum absolute atomic E-state index is 0.00736. The van der Waals surface area contributed by atoms with E-state index in [2.05, 4.69) is 16.8 Å². The third-order valence-corrected chi connectivity index (χ3v) is 7.51. The number of piperidine rings is 1. The van der Waals surface area contributed by atoms with E-state index in [0.29, 0.717) is 51.9 Å². The fourth-order valence-corrected chi connectivity index (χ4v) is 5.39. The van der Waals surface area contributed by atoms with Crippen LogP contribution in [0.4, 0.5) is 0 Å². The minimum Gasteiger partial charge on any atom is -0.355 e. The van der Waals surface area contributed by atoms with E-state index in [1.807, 2.05) is 40.1 Å². The van der Waals surface area contributed by atoms with Gasteiger partial charge in [0.15, 0.2) is 0 Å². The number of aryl methyl sites for hydroxylation is 1. The van der Waals surface area contributed by atoms with E-state index in [1.165, 1.54) is 16.0 Å². The number of likely N-dealkylation sites (tertiary alicyclic amines) is 1. The van der Waals surface area contributed by atoms with Crippen molar-refractivity contribution in [1.82, 2.24) is 15.1 Å². The molecule has 6 nitrogen and oxygen atoms in total. The molecule has 170 valence electrons. The van der Waals surface area contributed by atoms with Crippen LogP contribution in [0.2, 0.25) is 0 Å². The quantitative estimate of drug-likeness (QED) is 0.701. The molecule has 1 aromatic heterocycles. The van der Waals surface area contributed by atoms with Crippen molar-refractivity contribution in [1.29, 1.82) is 0 Å². The number of fused-ring (bicyclic) bond motifs is 1. The monoisotopic (exact) mass is 453 g/mol. The first-order valence-electron chi connectivity index (χ1n) is 11.5. The van der Waals surface area contributed by atoms with Gasteiger partial charge in [0, 0.05) is 56.4 Å². The number of hydrogen-bond acceptors (Lipinski definition) is 4. The Balaban J connectivity index is 1.13. The van der Waals surface area contributed by atoms with E-state index >= 15 is 0 Å². The molecular formula is C25H31N3O3S. The molecule has 2 aromatic rings. The number of nitrogens with one attached hydrogen (secondary N) is 1. The summed E-state index contributed by atoms with van der Waals surface area (Å²) in [6.45, 7) is 3.07. The van der Waals surface area contributed by atoms with Crippen molar-refractivity contribution in [2.24, 2.45) is 5.92 Å². The van der Waals surface area contributed by atoms with Gasteiger partial charge in [-0.05, 0) is 48.3 Å².